The van der Waals surface area contributed by atoms with E-state index in [1.807, 2.05) is 0 Å². The summed E-state index contributed by atoms with van der Waals surface area (Å²) < 4.78 is 28.7. The monoisotopic (exact) mass is 328 g/mol. The molecular weight excluding hydrogens is 316 g/mol. The normalized spacial score (nSPS) is 11.3. The van der Waals surface area contributed by atoms with Gasteiger partial charge in [0.1, 0.15) is 11.5 Å². The van der Waals surface area contributed by atoms with Crippen LogP contribution in [0.4, 0.5) is 5.82 Å². The highest BCUT2D eigenvalue weighted by Crippen LogP contribution is 2.13. The number of aromatic nitrogens is 1. The molecule has 1 heterocycles. The Balaban J connectivity index is 1.97. The van der Waals surface area contributed by atoms with Crippen LogP contribution in [0.1, 0.15) is 11.3 Å². The fraction of sp³-hybridized carbons (Fsp3) is 0.231. The second-order valence-corrected chi connectivity index (χ2v) is 7.03. The number of carbonyl (C=O) groups is 1. The third-order valence-electron chi connectivity index (χ3n) is 2.55. The molecule has 0 radical (unpaired) electrons. The number of nitrogens with zero attached hydrogens (tertiary/aromatic N) is 1. The van der Waals surface area contributed by atoms with Crippen LogP contribution in [0.5, 0.6) is 0 Å². The van der Waals surface area contributed by atoms with Crippen molar-refractivity contribution >= 4 is 33.2 Å². The number of amides is 1. The van der Waals surface area contributed by atoms with Gasteiger partial charge >= 0.3 is 0 Å². The molecule has 0 saturated heterocycles. The predicted molar refractivity (Wildman–Crippen MR) is 78.8 cm³/mol. The Kier molecular flexibility index (Phi) is 4.64. The highest BCUT2D eigenvalue weighted by Gasteiger charge is 2.18. The second kappa shape index (κ2) is 6.28. The number of halogens is 1. The maximum Gasteiger partial charge on any atom is 0.240 e. The molecule has 1 aromatic carbocycles. The standard InChI is InChI=1S/C13H13ClN2O4S/c1-9-6-12(16-20-9)15-13(17)8-21(18,19)7-10-2-4-11(14)5-3-10/h2-6H,7-8H2,1H3,(H,15,16,17). The minimum atomic E-state index is -3.57. The van der Waals surface area contributed by atoms with Gasteiger partial charge in [0.15, 0.2) is 15.7 Å². The van der Waals surface area contributed by atoms with Crippen molar-refractivity contribution in [1.29, 1.82) is 0 Å². The number of nitrogens with one attached hydrogen (secondary N) is 1. The Bertz CT molecular complexity index is 738. The van der Waals surface area contributed by atoms with Gasteiger partial charge in [0.2, 0.25) is 5.91 Å². The van der Waals surface area contributed by atoms with Gasteiger partial charge in [0, 0.05) is 11.1 Å². The molecule has 112 valence electrons. The number of anilines is 1. The Morgan fingerprint density at radius 3 is 2.57 bits per heavy atom. The van der Waals surface area contributed by atoms with E-state index in [1.165, 1.54) is 6.07 Å². The van der Waals surface area contributed by atoms with Crippen LogP contribution in [-0.2, 0) is 20.4 Å². The van der Waals surface area contributed by atoms with Gasteiger partial charge in [-0.3, -0.25) is 4.79 Å². The molecule has 1 aromatic heterocycles. The van der Waals surface area contributed by atoms with Gasteiger partial charge in [0.05, 0.1) is 5.75 Å². The molecule has 0 spiro atoms. The van der Waals surface area contributed by atoms with Crippen molar-refractivity contribution in [1.82, 2.24) is 5.16 Å². The van der Waals surface area contributed by atoms with E-state index in [4.69, 9.17) is 16.1 Å². The minimum absolute atomic E-state index is 0.194. The molecule has 0 aliphatic rings. The van der Waals surface area contributed by atoms with Crippen LogP contribution < -0.4 is 5.32 Å². The molecular formula is C13H13ClN2O4S. The first-order valence-electron chi connectivity index (χ1n) is 6.02. The molecule has 0 saturated carbocycles. The van der Waals surface area contributed by atoms with Crippen LogP contribution in [0.2, 0.25) is 5.02 Å². The molecule has 0 unspecified atom stereocenters. The lowest BCUT2D eigenvalue weighted by Crippen LogP contribution is -2.24. The van der Waals surface area contributed by atoms with Gasteiger partial charge in [-0.1, -0.05) is 28.9 Å². The molecule has 2 rings (SSSR count). The summed E-state index contributed by atoms with van der Waals surface area (Å²) in [4.78, 5) is 11.7. The maximum atomic E-state index is 12.0. The van der Waals surface area contributed by atoms with Crippen molar-refractivity contribution in [2.75, 3.05) is 11.1 Å². The quantitative estimate of drug-likeness (QED) is 0.908. The van der Waals surface area contributed by atoms with E-state index in [0.717, 1.165) is 0 Å². The van der Waals surface area contributed by atoms with Gasteiger partial charge in [-0.2, -0.15) is 0 Å². The first kappa shape index (κ1) is 15.5. The number of hydrogen-bond donors (Lipinski definition) is 1. The third kappa shape index (κ3) is 4.87. The Morgan fingerprint density at radius 1 is 1.33 bits per heavy atom. The maximum absolute atomic E-state index is 12.0. The predicted octanol–water partition coefficient (Wildman–Crippen LogP) is 2.19. The lowest BCUT2D eigenvalue weighted by Gasteiger charge is -2.04. The van der Waals surface area contributed by atoms with E-state index in [0.29, 0.717) is 16.3 Å². The zero-order valence-electron chi connectivity index (χ0n) is 11.2. The van der Waals surface area contributed by atoms with Crippen LogP contribution in [0.3, 0.4) is 0 Å². The number of aryl methyl sites for hydroxylation is 1. The van der Waals surface area contributed by atoms with Gasteiger partial charge in [-0.15, -0.1) is 0 Å². The molecule has 1 amide bonds. The first-order chi connectivity index (χ1) is 9.84. The molecule has 1 N–H and O–H groups in total. The van der Waals surface area contributed by atoms with Gasteiger partial charge in [0.25, 0.3) is 0 Å². The Labute approximate surface area is 127 Å². The molecule has 0 bridgehead atoms. The lowest BCUT2D eigenvalue weighted by molar-refractivity contribution is -0.113. The summed E-state index contributed by atoms with van der Waals surface area (Å²) in [6, 6.07) is 7.93. The fourth-order valence-corrected chi connectivity index (χ4v) is 3.09. The van der Waals surface area contributed by atoms with Crippen LogP contribution in [-0.4, -0.2) is 25.2 Å². The average molecular weight is 329 g/mol. The zero-order valence-corrected chi connectivity index (χ0v) is 12.7. The zero-order chi connectivity index (χ0) is 15.5. The second-order valence-electron chi connectivity index (χ2n) is 4.53. The van der Waals surface area contributed by atoms with E-state index in [9.17, 15) is 13.2 Å². The van der Waals surface area contributed by atoms with Gasteiger partial charge < -0.3 is 9.84 Å². The molecule has 0 aliphatic heterocycles. The van der Waals surface area contributed by atoms with Gasteiger partial charge in [-0.05, 0) is 24.6 Å². The van der Waals surface area contributed by atoms with Gasteiger partial charge in [-0.25, -0.2) is 8.42 Å². The van der Waals surface area contributed by atoms with Crippen LogP contribution in [0, 0.1) is 6.92 Å². The van der Waals surface area contributed by atoms with Crippen molar-refractivity contribution in [3.05, 3.63) is 46.7 Å². The van der Waals surface area contributed by atoms with Crippen molar-refractivity contribution in [2.24, 2.45) is 0 Å². The summed E-state index contributed by atoms with van der Waals surface area (Å²) in [5.74, 6) is -0.789. The molecule has 0 atom stereocenters. The van der Waals surface area contributed by atoms with Crippen LogP contribution >= 0.6 is 11.6 Å². The molecule has 6 nitrogen and oxygen atoms in total. The third-order valence-corrected chi connectivity index (χ3v) is 4.27. The van der Waals surface area contributed by atoms with Crippen LogP contribution in [0.15, 0.2) is 34.9 Å². The molecule has 0 fully saturated rings. The summed E-state index contributed by atoms with van der Waals surface area (Å²) >= 11 is 5.73. The number of hydrogen-bond acceptors (Lipinski definition) is 5. The molecule has 0 aliphatic carbocycles. The van der Waals surface area contributed by atoms with Crippen molar-refractivity contribution in [2.45, 2.75) is 12.7 Å². The highest BCUT2D eigenvalue weighted by molar-refractivity contribution is 7.91. The summed E-state index contributed by atoms with van der Waals surface area (Å²) in [6.45, 7) is 1.67. The molecule has 2 aromatic rings. The topological polar surface area (TPSA) is 89.3 Å². The van der Waals surface area contributed by atoms with Crippen molar-refractivity contribution in [3.8, 4) is 0 Å². The average Bonchev–Trinajstić information content (AvgIpc) is 2.76. The van der Waals surface area contributed by atoms with Crippen molar-refractivity contribution < 1.29 is 17.7 Å². The van der Waals surface area contributed by atoms with E-state index in [1.54, 1.807) is 31.2 Å². The summed E-state index contributed by atoms with van der Waals surface area (Å²) in [5.41, 5.74) is 0.574. The number of benzene rings is 1. The lowest BCUT2D eigenvalue weighted by atomic mass is 10.2. The van der Waals surface area contributed by atoms with E-state index in [-0.39, 0.29) is 11.6 Å². The number of rotatable bonds is 5. The Morgan fingerprint density at radius 2 is 2.00 bits per heavy atom. The Hall–Kier alpha value is -1.86. The van der Waals surface area contributed by atoms with Crippen LogP contribution in [0.25, 0.3) is 0 Å². The van der Waals surface area contributed by atoms with E-state index >= 15 is 0 Å². The number of carbonyl (C=O) groups excluding carboxylic acids is 1. The largest absolute Gasteiger partial charge is 0.360 e. The highest BCUT2D eigenvalue weighted by atomic mass is 35.5. The smallest absolute Gasteiger partial charge is 0.240 e. The first-order valence-corrected chi connectivity index (χ1v) is 8.22. The number of sulfone groups is 1. The summed E-state index contributed by atoms with van der Waals surface area (Å²) in [5, 5.41) is 6.46. The minimum Gasteiger partial charge on any atom is -0.360 e. The SMILES string of the molecule is Cc1cc(NC(=O)CS(=O)(=O)Cc2ccc(Cl)cc2)no1. The fourth-order valence-electron chi connectivity index (χ4n) is 1.69. The van der Waals surface area contributed by atoms with E-state index < -0.39 is 21.5 Å². The summed E-state index contributed by atoms with van der Waals surface area (Å²) in [6.07, 6.45) is 0. The summed E-state index contributed by atoms with van der Waals surface area (Å²) in [7, 11) is -3.57. The molecule has 8 heteroatoms. The van der Waals surface area contributed by atoms with E-state index in [2.05, 4.69) is 10.5 Å². The molecule has 21 heavy (non-hydrogen) atoms. The van der Waals surface area contributed by atoms with Crippen molar-refractivity contribution in [3.63, 3.8) is 0 Å².